The van der Waals surface area contributed by atoms with Crippen LogP contribution in [0.2, 0.25) is 0 Å². The number of thiazole rings is 1. The molecule has 1 unspecified atom stereocenters. The average Bonchev–Trinajstić information content (AvgIpc) is 3.46. The number of urea groups is 1. The summed E-state index contributed by atoms with van der Waals surface area (Å²) in [5.41, 5.74) is 0. The van der Waals surface area contributed by atoms with Gasteiger partial charge in [-0.05, 0) is 62.7 Å². The van der Waals surface area contributed by atoms with Crippen molar-refractivity contribution < 1.29 is 19.4 Å². The highest BCUT2D eigenvalue weighted by molar-refractivity contribution is 8.01. The van der Waals surface area contributed by atoms with Crippen LogP contribution in [0, 0.1) is 17.8 Å². The third kappa shape index (κ3) is 7.36. The molecule has 2 N–H and O–H groups in total. The highest BCUT2D eigenvalue weighted by Gasteiger charge is 2.39. The molecular weight excluding hydrogens is 434 g/mol. The van der Waals surface area contributed by atoms with Gasteiger partial charge in [-0.2, -0.15) is 0 Å². The Balaban J connectivity index is 1.58. The number of nitrogens with one attached hydrogen (secondary N) is 1. The summed E-state index contributed by atoms with van der Waals surface area (Å²) in [7, 11) is 1.84. The van der Waals surface area contributed by atoms with Gasteiger partial charge in [-0.15, -0.1) is 11.8 Å². The molecule has 0 radical (unpaired) electrons. The number of ether oxygens (including phenoxy) is 1. The molecule has 0 aromatic carbocycles. The number of rotatable bonds is 11. The maximum Gasteiger partial charge on any atom is 0.323 e. The van der Waals surface area contributed by atoms with Gasteiger partial charge in [0.15, 0.2) is 5.13 Å². The number of hydrogen-bond acceptors (Lipinski definition) is 6. The van der Waals surface area contributed by atoms with Crippen LogP contribution in [0.1, 0.15) is 58.8 Å². The van der Waals surface area contributed by atoms with E-state index < -0.39 is 5.97 Å². The van der Waals surface area contributed by atoms with Crippen LogP contribution in [-0.2, 0) is 9.53 Å². The summed E-state index contributed by atoms with van der Waals surface area (Å²) in [5, 5.41) is 12.3. The van der Waals surface area contributed by atoms with E-state index >= 15 is 0 Å². The summed E-state index contributed by atoms with van der Waals surface area (Å²) in [4.78, 5) is 30.2. The van der Waals surface area contributed by atoms with Gasteiger partial charge in [0.2, 0.25) is 0 Å². The Morgan fingerprint density at radius 1 is 1.26 bits per heavy atom. The molecule has 1 aromatic heterocycles. The van der Waals surface area contributed by atoms with Crippen LogP contribution in [0.3, 0.4) is 0 Å². The van der Waals surface area contributed by atoms with E-state index in [1.54, 1.807) is 6.20 Å². The Hall–Kier alpha value is -1.32. The maximum absolute atomic E-state index is 13.1. The molecular formula is C22H35N3O4S2. The fraction of sp³-hybridized carbons (Fsp3) is 0.773. The Kier molecular flexibility index (Phi) is 9.04. The van der Waals surface area contributed by atoms with Gasteiger partial charge in [-0.1, -0.05) is 25.2 Å². The SMILES string of the molecule is COC(C1CC1)[C@H]1CC[C@H](N(CCC(C)C)C(=O)Nc2ncc(SCC(=O)O)s2)CC1. The van der Waals surface area contributed by atoms with Crippen LogP contribution in [0.15, 0.2) is 10.4 Å². The summed E-state index contributed by atoms with van der Waals surface area (Å²) >= 11 is 2.54. The molecule has 2 fully saturated rings. The maximum atomic E-state index is 13.1. The summed E-state index contributed by atoms with van der Waals surface area (Å²) in [6, 6.07) is 0.145. The molecule has 0 bridgehead atoms. The standard InChI is InChI=1S/C22H35N3O4S2/c1-14(2)10-11-25(17-8-6-16(7-9-17)20(29-3)15-4-5-15)22(28)24-21-23-12-19(31-21)30-13-18(26)27/h12,14-17,20H,4-11,13H2,1-3H3,(H,26,27)(H,23,24,28)/t16-,17-,20?. The summed E-state index contributed by atoms with van der Waals surface area (Å²) in [5.74, 6) is 1.000. The molecule has 31 heavy (non-hydrogen) atoms. The third-order valence-corrected chi connectivity index (χ3v) is 8.34. The molecule has 0 spiro atoms. The fourth-order valence-electron chi connectivity index (χ4n) is 4.46. The minimum atomic E-state index is -0.864. The molecule has 1 atom stereocenters. The lowest BCUT2D eigenvalue weighted by Crippen LogP contribution is -2.46. The van der Waals surface area contributed by atoms with E-state index in [0.29, 0.717) is 23.1 Å². The largest absolute Gasteiger partial charge is 0.481 e. The molecule has 1 aromatic rings. The van der Waals surface area contributed by atoms with Crippen molar-refractivity contribution in [2.24, 2.45) is 17.8 Å². The quantitative estimate of drug-likeness (QED) is 0.434. The second kappa shape index (κ2) is 11.5. The number of carbonyl (C=O) groups excluding carboxylic acids is 1. The molecule has 2 amide bonds. The van der Waals surface area contributed by atoms with Gasteiger partial charge in [0.05, 0.1) is 22.3 Å². The van der Waals surface area contributed by atoms with Crippen LogP contribution < -0.4 is 5.32 Å². The Morgan fingerprint density at radius 2 is 1.90 bits per heavy atom. The van der Waals surface area contributed by atoms with Gasteiger partial charge in [0.25, 0.3) is 0 Å². The van der Waals surface area contributed by atoms with Crippen molar-refractivity contribution in [1.29, 1.82) is 0 Å². The van der Waals surface area contributed by atoms with Gasteiger partial charge in [-0.25, -0.2) is 9.78 Å². The highest BCUT2D eigenvalue weighted by Crippen LogP contribution is 2.42. The van der Waals surface area contributed by atoms with E-state index in [1.165, 1.54) is 35.9 Å². The van der Waals surface area contributed by atoms with Crippen LogP contribution in [0.5, 0.6) is 0 Å². The van der Waals surface area contributed by atoms with E-state index in [1.807, 2.05) is 12.0 Å². The van der Waals surface area contributed by atoms with E-state index in [0.717, 1.165) is 48.8 Å². The van der Waals surface area contributed by atoms with Gasteiger partial charge in [0, 0.05) is 19.7 Å². The van der Waals surface area contributed by atoms with Crippen LogP contribution in [0.4, 0.5) is 9.93 Å². The summed E-state index contributed by atoms with van der Waals surface area (Å²) in [6.45, 7) is 5.10. The van der Waals surface area contributed by atoms with Crippen molar-refractivity contribution in [3.8, 4) is 0 Å². The first-order valence-electron chi connectivity index (χ1n) is 11.3. The molecule has 9 heteroatoms. The molecule has 2 saturated carbocycles. The number of carboxylic acid groups (broad SMARTS) is 1. The normalized spacial score (nSPS) is 22.3. The van der Waals surface area contributed by atoms with Crippen molar-refractivity contribution in [2.45, 2.75) is 75.1 Å². The zero-order valence-corrected chi connectivity index (χ0v) is 20.3. The zero-order chi connectivity index (χ0) is 22.4. The average molecular weight is 470 g/mol. The highest BCUT2D eigenvalue weighted by atomic mass is 32.2. The molecule has 174 valence electrons. The number of carboxylic acids is 1. The molecule has 2 aliphatic rings. The van der Waals surface area contributed by atoms with Crippen molar-refractivity contribution in [2.75, 3.05) is 24.7 Å². The molecule has 0 saturated heterocycles. The first kappa shape index (κ1) is 24.3. The molecule has 3 rings (SSSR count). The number of amides is 2. The molecule has 1 heterocycles. The Bertz CT molecular complexity index is 730. The van der Waals surface area contributed by atoms with E-state index in [9.17, 15) is 9.59 Å². The number of nitrogens with zero attached hydrogens (tertiary/aromatic N) is 2. The number of anilines is 1. The predicted octanol–water partition coefficient (Wildman–Crippen LogP) is 5.18. The Labute approximate surface area is 193 Å². The molecule has 2 aliphatic carbocycles. The number of aromatic nitrogens is 1. The first-order chi connectivity index (χ1) is 14.9. The molecule has 7 nitrogen and oxygen atoms in total. The number of hydrogen-bond donors (Lipinski definition) is 2. The first-order valence-corrected chi connectivity index (χ1v) is 13.1. The third-order valence-electron chi connectivity index (χ3n) is 6.25. The second-order valence-electron chi connectivity index (χ2n) is 9.08. The fourth-order valence-corrected chi connectivity index (χ4v) is 6.05. The van der Waals surface area contributed by atoms with E-state index in [-0.39, 0.29) is 17.8 Å². The van der Waals surface area contributed by atoms with Crippen LogP contribution in [-0.4, -0.2) is 58.5 Å². The van der Waals surface area contributed by atoms with Crippen molar-refractivity contribution >= 4 is 40.2 Å². The van der Waals surface area contributed by atoms with Crippen molar-refractivity contribution in [3.63, 3.8) is 0 Å². The van der Waals surface area contributed by atoms with Gasteiger partial charge in [0.1, 0.15) is 0 Å². The lowest BCUT2D eigenvalue weighted by molar-refractivity contribution is -0.133. The number of thioether (sulfide) groups is 1. The molecule has 0 aliphatic heterocycles. The second-order valence-corrected chi connectivity index (χ2v) is 11.4. The monoisotopic (exact) mass is 469 g/mol. The zero-order valence-electron chi connectivity index (χ0n) is 18.7. The van der Waals surface area contributed by atoms with Crippen molar-refractivity contribution in [3.05, 3.63) is 6.20 Å². The van der Waals surface area contributed by atoms with Gasteiger partial charge < -0.3 is 14.7 Å². The summed E-state index contributed by atoms with van der Waals surface area (Å²) < 4.78 is 6.60. The Morgan fingerprint density at radius 3 is 2.45 bits per heavy atom. The number of methoxy groups -OCH3 is 1. The van der Waals surface area contributed by atoms with Crippen molar-refractivity contribution in [1.82, 2.24) is 9.88 Å². The number of carbonyl (C=O) groups is 2. The van der Waals surface area contributed by atoms with Gasteiger partial charge in [-0.3, -0.25) is 10.1 Å². The van der Waals surface area contributed by atoms with Crippen LogP contribution >= 0.6 is 23.1 Å². The minimum Gasteiger partial charge on any atom is -0.481 e. The number of aliphatic carboxylic acids is 1. The van der Waals surface area contributed by atoms with E-state index in [4.69, 9.17) is 9.84 Å². The lowest BCUT2D eigenvalue weighted by atomic mass is 9.80. The smallest absolute Gasteiger partial charge is 0.323 e. The van der Waals surface area contributed by atoms with E-state index in [2.05, 4.69) is 24.1 Å². The lowest BCUT2D eigenvalue weighted by Gasteiger charge is -2.39. The summed E-state index contributed by atoms with van der Waals surface area (Å²) in [6.07, 6.45) is 9.81. The van der Waals surface area contributed by atoms with Gasteiger partial charge >= 0.3 is 12.0 Å². The van der Waals surface area contributed by atoms with Crippen LogP contribution in [0.25, 0.3) is 0 Å². The minimum absolute atomic E-state index is 0.0113. The topological polar surface area (TPSA) is 91.8 Å². The predicted molar refractivity (Wildman–Crippen MR) is 125 cm³/mol.